The summed E-state index contributed by atoms with van der Waals surface area (Å²) in [4.78, 5) is 14.9. The van der Waals surface area contributed by atoms with Crippen LogP contribution in [-0.4, -0.2) is 21.2 Å². The second-order valence-corrected chi connectivity index (χ2v) is 2.94. The maximum absolute atomic E-state index is 11.0. The third kappa shape index (κ3) is 1.84. The highest BCUT2D eigenvalue weighted by Crippen LogP contribution is 2.18. The zero-order valence-electron chi connectivity index (χ0n) is 8.04. The van der Waals surface area contributed by atoms with Crippen LogP contribution in [0, 0.1) is 0 Å². The quantitative estimate of drug-likeness (QED) is 0.374. The van der Waals surface area contributed by atoms with Gasteiger partial charge in [-0.15, -0.1) is 0 Å². The maximum Gasteiger partial charge on any atom is 0.323 e. The molecule has 0 saturated heterocycles. The second-order valence-electron chi connectivity index (χ2n) is 2.94. The molecule has 1 aromatic carbocycles. The van der Waals surface area contributed by atoms with Crippen LogP contribution in [0.15, 0.2) is 28.8 Å². The number of hydrazine groups is 1. The number of amides is 1. The van der Waals surface area contributed by atoms with Gasteiger partial charge in [0.1, 0.15) is 5.75 Å². The summed E-state index contributed by atoms with van der Waals surface area (Å²) in [6.07, 6.45) is 0. The normalized spacial score (nSPS) is 10.1. The van der Waals surface area contributed by atoms with Gasteiger partial charge in [0.05, 0.1) is 0 Å². The summed E-state index contributed by atoms with van der Waals surface area (Å²) in [6, 6.07) is 6.16. The van der Waals surface area contributed by atoms with E-state index in [0.717, 1.165) is 0 Å². The van der Waals surface area contributed by atoms with Crippen LogP contribution in [-0.2, 0) is 0 Å². The number of hydrogen-bond acceptors (Lipinski definition) is 6. The highest BCUT2D eigenvalue weighted by atomic mass is 16.5. The van der Waals surface area contributed by atoms with E-state index >= 15 is 0 Å². The Kier molecular flexibility index (Phi) is 2.52. The van der Waals surface area contributed by atoms with Crippen molar-refractivity contribution in [1.82, 2.24) is 15.6 Å². The Morgan fingerprint density at radius 1 is 1.38 bits per heavy atom. The van der Waals surface area contributed by atoms with E-state index in [0.29, 0.717) is 5.56 Å². The van der Waals surface area contributed by atoms with Crippen molar-refractivity contribution in [2.75, 3.05) is 0 Å². The molecule has 0 radical (unpaired) electrons. The molecule has 1 amide bonds. The number of carbonyl (C=O) groups is 1. The molecule has 4 N–H and O–H groups in total. The first-order valence-corrected chi connectivity index (χ1v) is 4.35. The number of hydrogen-bond donors (Lipinski definition) is 3. The molecule has 0 aliphatic rings. The van der Waals surface area contributed by atoms with Gasteiger partial charge in [-0.3, -0.25) is 10.2 Å². The number of phenols is 1. The Bertz CT molecular complexity index is 506. The Hall–Kier alpha value is -2.41. The maximum atomic E-state index is 11.0. The average Bonchev–Trinajstić information content (AvgIpc) is 2.78. The molecule has 7 nitrogen and oxygen atoms in total. The monoisotopic (exact) mass is 220 g/mol. The number of nitrogens with two attached hydrogens (primary N) is 1. The van der Waals surface area contributed by atoms with Crippen molar-refractivity contribution >= 4 is 5.91 Å². The second kappa shape index (κ2) is 3.99. The minimum atomic E-state index is -0.655. The van der Waals surface area contributed by atoms with Crippen molar-refractivity contribution in [3.8, 4) is 17.1 Å². The molecular weight excluding hydrogens is 212 g/mol. The molecule has 7 heteroatoms. The zero-order valence-corrected chi connectivity index (χ0v) is 8.04. The van der Waals surface area contributed by atoms with E-state index in [-0.39, 0.29) is 17.5 Å². The van der Waals surface area contributed by atoms with E-state index in [4.69, 9.17) is 10.9 Å². The van der Waals surface area contributed by atoms with Crippen LogP contribution in [0.5, 0.6) is 5.75 Å². The smallest absolute Gasteiger partial charge is 0.323 e. The third-order valence-electron chi connectivity index (χ3n) is 1.88. The summed E-state index contributed by atoms with van der Waals surface area (Å²) in [5, 5.41) is 12.7. The number of nitrogens with one attached hydrogen (secondary N) is 1. The topological polar surface area (TPSA) is 114 Å². The first-order valence-electron chi connectivity index (χ1n) is 4.35. The van der Waals surface area contributed by atoms with Gasteiger partial charge in [0, 0.05) is 5.56 Å². The molecular formula is C9H8N4O3. The summed E-state index contributed by atoms with van der Waals surface area (Å²) >= 11 is 0. The first-order chi connectivity index (χ1) is 7.70. The van der Waals surface area contributed by atoms with Gasteiger partial charge >= 0.3 is 11.8 Å². The number of carbonyl (C=O) groups excluding carboxylic acids is 1. The van der Waals surface area contributed by atoms with Gasteiger partial charge in [-0.05, 0) is 24.3 Å². The van der Waals surface area contributed by atoms with Crippen LogP contribution >= 0.6 is 0 Å². The molecule has 16 heavy (non-hydrogen) atoms. The minimum absolute atomic E-state index is 0.132. The molecule has 0 aliphatic heterocycles. The van der Waals surface area contributed by atoms with Gasteiger partial charge in [0.15, 0.2) is 0 Å². The van der Waals surface area contributed by atoms with Crippen molar-refractivity contribution in [2.24, 2.45) is 5.84 Å². The van der Waals surface area contributed by atoms with Crippen molar-refractivity contribution in [3.05, 3.63) is 30.2 Å². The highest BCUT2D eigenvalue weighted by Gasteiger charge is 2.14. The highest BCUT2D eigenvalue weighted by molar-refractivity contribution is 5.89. The van der Waals surface area contributed by atoms with Gasteiger partial charge < -0.3 is 9.63 Å². The van der Waals surface area contributed by atoms with E-state index in [2.05, 4.69) is 14.7 Å². The van der Waals surface area contributed by atoms with E-state index in [1.807, 2.05) is 5.43 Å². The Morgan fingerprint density at radius 2 is 2.06 bits per heavy atom. The largest absolute Gasteiger partial charge is 0.508 e. The van der Waals surface area contributed by atoms with Crippen LogP contribution in [0.2, 0.25) is 0 Å². The Morgan fingerprint density at radius 3 is 2.69 bits per heavy atom. The standard InChI is InChI=1S/C9H8N4O3/c10-12-8(15)9-11-7(13-16-9)5-1-3-6(14)4-2-5/h1-4,14H,10H2,(H,12,15). The number of phenolic OH excluding ortho intramolecular Hbond substituents is 1. The summed E-state index contributed by atoms with van der Waals surface area (Å²) < 4.78 is 4.69. The molecule has 1 heterocycles. The molecule has 0 spiro atoms. The number of aromatic hydroxyl groups is 1. The summed E-state index contributed by atoms with van der Waals surface area (Å²) in [7, 11) is 0. The van der Waals surface area contributed by atoms with Crippen LogP contribution in [0.25, 0.3) is 11.4 Å². The molecule has 82 valence electrons. The number of aromatic nitrogens is 2. The van der Waals surface area contributed by atoms with Crippen molar-refractivity contribution < 1.29 is 14.4 Å². The van der Waals surface area contributed by atoms with E-state index in [9.17, 15) is 4.79 Å². The molecule has 2 rings (SSSR count). The van der Waals surface area contributed by atoms with Crippen molar-refractivity contribution in [3.63, 3.8) is 0 Å². The van der Waals surface area contributed by atoms with Crippen LogP contribution in [0.4, 0.5) is 0 Å². The SMILES string of the molecule is NNC(=O)c1nc(-c2ccc(O)cc2)no1. The number of benzene rings is 1. The third-order valence-corrected chi connectivity index (χ3v) is 1.88. The van der Waals surface area contributed by atoms with Gasteiger partial charge in [0.25, 0.3) is 0 Å². The average molecular weight is 220 g/mol. The van der Waals surface area contributed by atoms with Gasteiger partial charge in [-0.2, -0.15) is 4.98 Å². The lowest BCUT2D eigenvalue weighted by atomic mass is 10.2. The van der Waals surface area contributed by atoms with Gasteiger partial charge in [-0.1, -0.05) is 5.16 Å². The van der Waals surface area contributed by atoms with E-state index in [1.54, 1.807) is 12.1 Å². The number of rotatable bonds is 2. The predicted molar refractivity (Wildman–Crippen MR) is 53.1 cm³/mol. The molecule has 0 unspecified atom stereocenters. The van der Waals surface area contributed by atoms with Crippen molar-refractivity contribution in [1.29, 1.82) is 0 Å². The lowest BCUT2D eigenvalue weighted by molar-refractivity contribution is 0.0910. The van der Waals surface area contributed by atoms with E-state index < -0.39 is 5.91 Å². The molecule has 2 aromatic rings. The molecule has 0 fully saturated rings. The fourth-order valence-electron chi connectivity index (χ4n) is 1.11. The molecule has 0 saturated carbocycles. The predicted octanol–water partition coefficient (Wildman–Crippen LogP) is 0.0457. The summed E-state index contributed by atoms with van der Waals surface area (Å²) in [5.41, 5.74) is 2.50. The van der Waals surface area contributed by atoms with Crippen LogP contribution < -0.4 is 11.3 Å². The lowest BCUT2D eigenvalue weighted by Crippen LogP contribution is -2.30. The summed E-state index contributed by atoms with van der Waals surface area (Å²) in [6.45, 7) is 0. The molecule has 0 atom stereocenters. The summed E-state index contributed by atoms with van der Waals surface area (Å²) in [5.74, 6) is 4.42. The molecule has 1 aromatic heterocycles. The van der Waals surface area contributed by atoms with E-state index in [1.165, 1.54) is 12.1 Å². The van der Waals surface area contributed by atoms with Gasteiger partial charge in [-0.25, -0.2) is 5.84 Å². The number of nitrogens with zero attached hydrogens (tertiary/aromatic N) is 2. The Labute approximate surface area is 89.9 Å². The van der Waals surface area contributed by atoms with Gasteiger partial charge in [0.2, 0.25) is 5.82 Å². The van der Waals surface area contributed by atoms with Crippen LogP contribution in [0.3, 0.4) is 0 Å². The first kappa shape index (κ1) is 10.1. The van der Waals surface area contributed by atoms with Crippen LogP contribution in [0.1, 0.15) is 10.7 Å². The fourth-order valence-corrected chi connectivity index (χ4v) is 1.11. The molecule has 0 bridgehead atoms. The zero-order chi connectivity index (χ0) is 11.5. The van der Waals surface area contributed by atoms with Crippen molar-refractivity contribution in [2.45, 2.75) is 0 Å². The Balaban J connectivity index is 2.31. The number of nitrogen functional groups attached to an aromatic ring is 1. The molecule has 0 aliphatic carbocycles. The minimum Gasteiger partial charge on any atom is -0.508 e. The lowest BCUT2D eigenvalue weighted by Gasteiger charge is -1.93. The fraction of sp³-hybridized carbons (Fsp3) is 0.